The van der Waals surface area contributed by atoms with Crippen LogP contribution in [-0.4, -0.2) is 29.1 Å². The summed E-state index contributed by atoms with van der Waals surface area (Å²) in [4.78, 5) is 12.2. The highest BCUT2D eigenvalue weighted by Crippen LogP contribution is 2.35. The van der Waals surface area contributed by atoms with Gasteiger partial charge >= 0.3 is 0 Å². The molecule has 5 nitrogen and oxygen atoms in total. The maximum atomic E-state index is 12.2. The molecule has 3 N–H and O–H groups in total. The van der Waals surface area contributed by atoms with Gasteiger partial charge in [-0.2, -0.15) is 0 Å². The lowest BCUT2D eigenvalue weighted by Gasteiger charge is -2.11. The maximum Gasteiger partial charge on any atom is 0.238 e. The number of nitrogens with one attached hydrogen (secondary N) is 3. The number of hydrazine groups is 1. The van der Waals surface area contributed by atoms with Crippen LogP contribution in [0, 0.1) is 5.92 Å². The summed E-state index contributed by atoms with van der Waals surface area (Å²) in [5, 5.41) is 4.28. The van der Waals surface area contributed by atoms with Crippen molar-refractivity contribution in [3.63, 3.8) is 0 Å². The van der Waals surface area contributed by atoms with Crippen molar-refractivity contribution in [2.24, 2.45) is 5.92 Å². The van der Waals surface area contributed by atoms with Gasteiger partial charge in [0.05, 0.1) is 0 Å². The number of fused-ring (bicyclic) bond motifs is 1. The maximum absolute atomic E-state index is 12.2. The first kappa shape index (κ1) is 13.8. The molecule has 0 spiro atoms. The van der Waals surface area contributed by atoms with Crippen LogP contribution in [0.15, 0.2) is 36.5 Å². The SMILES string of the molecule is O=C(NCCn1ccc2ccccc21)C1CC(C2CC2)NN1. The number of carbonyl (C=O) groups is 1. The standard InChI is InChI=1S/C17H22N4O/c22-17(15-11-14(19-20-15)12-5-6-12)18-8-10-21-9-7-13-3-1-2-4-16(13)21/h1-4,7,9,12,14-15,19-20H,5-6,8,10-11H2,(H,18,22). The smallest absolute Gasteiger partial charge is 0.238 e. The van der Waals surface area contributed by atoms with Crippen molar-refractivity contribution in [3.8, 4) is 0 Å². The minimum atomic E-state index is -0.0907. The first-order chi connectivity index (χ1) is 10.8. The van der Waals surface area contributed by atoms with Crippen molar-refractivity contribution >= 4 is 16.8 Å². The number of aromatic nitrogens is 1. The van der Waals surface area contributed by atoms with E-state index in [1.54, 1.807) is 0 Å². The number of hydrogen-bond donors (Lipinski definition) is 3. The summed E-state index contributed by atoms with van der Waals surface area (Å²) in [7, 11) is 0. The zero-order valence-corrected chi connectivity index (χ0v) is 12.6. The molecule has 2 fully saturated rings. The van der Waals surface area contributed by atoms with Crippen LogP contribution in [0.25, 0.3) is 10.9 Å². The number of benzene rings is 1. The third-order valence-corrected chi connectivity index (χ3v) is 4.77. The van der Waals surface area contributed by atoms with Crippen LogP contribution in [0.1, 0.15) is 19.3 Å². The second kappa shape index (κ2) is 5.74. The summed E-state index contributed by atoms with van der Waals surface area (Å²) >= 11 is 0. The number of hydrogen-bond acceptors (Lipinski definition) is 3. The van der Waals surface area contributed by atoms with E-state index in [2.05, 4.69) is 45.1 Å². The Kier molecular flexibility index (Phi) is 3.60. The molecule has 5 heteroatoms. The van der Waals surface area contributed by atoms with Crippen molar-refractivity contribution in [1.82, 2.24) is 20.7 Å². The second-order valence-electron chi connectivity index (χ2n) is 6.38. The molecule has 1 aromatic heterocycles. The van der Waals surface area contributed by atoms with E-state index >= 15 is 0 Å². The lowest BCUT2D eigenvalue weighted by atomic mass is 10.1. The van der Waals surface area contributed by atoms with Crippen LogP contribution in [0.4, 0.5) is 0 Å². The van der Waals surface area contributed by atoms with Gasteiger partial charge in [-0.1, -0.05) is 18.2 Å². The zero-order valence-electron chi connectivity index (χ0n) is 12.6. The first-order valence-corrected chi connectivity index (χ1v) is 8.14. The molecule has 2 aliphatic rings. The van der Waals surface area contributed by atoms with Gasteiger partial charge in [0.15, 0.2) is 0 Å². The van der Waals surface area contributed by atoms with Gasteiger partial charge in [0.1, 0.15) is 6.04 Å². The molecule has 1 saturated heterocycles. The van der Waals surface area contributed by atoms with Gasteiger partial charge in [0, 0.05) is 30.8 Å². The van der Waals surface area contributed by atoms with Crippen molar-refractivity contribution in [2.75, 3.05) is 6.54 Å². The Morgan fingerprint density at radius 2 is 2.09 bits per heavy atom. The van der Waals surface area contributed by atoms with Crippen molar-refractivity contribution in [1.29, 1.82) is 0 Å². The molecule has 116 valence electrons. The monoisotopic (exact) mass is 298 g/mol. The van der Waals surface area contributed by atoms with Crippen LogP contribution < -0.4 is 16.2 Å². The fourth-order valence-electron chi connectivity index (χ4n) is 3.32. The molecular formula is C17H22N4O. The van der Waals surface area contributed by atoms with E-state index in [1.165, 1.54) is 23.7 Å². The normalized spacial score (nSPS) is 24.7. The van der Waals surface area contributed by atoms with Crippen LogP contribution in [0.3, 0.4) is 0 Å². The molecular weight excluding hydrogens is 276 g/mol. The lowest BCUT2D eigenvalue weighted by molar-refractivity contribution is -0.122. The predicted octanol–water partition coefficient (Wildman–Crippen LogP) is 1.40. The van der Waals surface area contributed by atoms with Crippen molar-refractivity contribution in [2.45, 2.75) is 37.9 Å². The largest absolute Gasteiger partial charge is 0.353 e. The second-order valence-corrected chi connectivity index (χ2v) is 6.38. The average Bonchev–Trinajstić information content (AvgIpc) is 3.13. The Balaban J connectivity index is 1.28. The summed E-state index contributed by atoms with van der Waals surface area (Å²) in [5.74, 6) is 0.878. The third kappa shape index (κ3) is 2.74. The highest BCUT2D eigenvalue weighted by Gasteiger charge is 2.38. The Morgan fingerprint density at radius 1 is 1.23 bits per heavy atom. The number of carbonyl (C=O) groups excluding carboxylic acids is 1. The molecule has 4 rings (SSSR count). The minimum absolute atomic E-state index is 0.0907. The summed E-state index contributed by atoms with van der Waals surface area (Å²) in [5.41, 5.74) is 7.61. The molecule has 1 aliphatic carbocycles. The summed E-state index contributed by atoms with van der Waals surface area (Å²) in [6.45, 7) is 1.45. The Labute approximate surface area is 130 Å². The number of amides is 1. The Hall–Kier alpha value is -1.85. The lowest BCUT2D eigenvalue weighted by Crippen LogP contribution is -2.44. The van der Waals surface area contributed by atoms with E-state index < -0.39 is 0 Å². The van der Waals surface area contributed by atoms with Crippen LogP contribution in [0.2, 0.25) is 0 Å². The zero-order chi connectivity index (χ0) is 14.9. The van der Waals surface area contributed by atoms with Crippen LogP contribution in [0.5, 0.6) is 0 Å². The van der Waals surface area contributed by atoms with Gasteiger partial charge < -0.3 is 9.88 Å². The average molecular weight is 298 g/mol. The summed E-state index contributed by atoms with van der Waals surface area (Å²) in [6.07, 6.45) is 5.58. The predicted molar refractivity (Wildman–Crippen MR) is 86.1 cm³/mol. The summed E-state index contributed by atoms with van der Waals surface area (Å²) < 4.78 is 2.18. The molecule has 2 atom stereocenters. The molecule has 0 radical (unpaired) electrons. The number of nitrogens with zero attached hydrogens (tertiary/aromatic N) is 1. The van der Waals surface area contributed by atoms with Gasteiger partial charge in [-0.25, -0.2) is 5.43 Å². The molecule has 0 bridgehead atoms. The van der Waals surface area contributed by atoms with Gasteiger partial charge in [-0.3, -0.25) is 10.2 Å². The molecule has 1 amide bonds. The fourth-order valence-corrected chi connectivity index (χ4v) is 3.32. The topological polar surface area (TPSA) is 58.1 Å². The third-order valence-electron chi connectivity index (χ3n) is 4.77. The highest BCUT2D eigenvalue weighted by atomic mass is 16.2. The minimum Gasteiger partial charge on any atom is -0.353 e. The summed E-state index contributed by atoms with van der Waals surface area (Å²) in [6, 6.07) is 10.8. The van der Waals surface area contributed by atoms with Crippen molar-refractivity contribution < 1.29 is 4.79 Å². The molecule has 1 saturated carbocycles. The number of rotatable bonds is 5. The van der Waals surface area contributed by atoms with Crippen molar-refractivity contribution in [3.05, 3.63) is 36.5 Å². The fraction of sp³-hybridized carbons (Fsp3) is 0.471. The quantitative estimate of drug-likeness (QED) is 0.782. The highest BCUT2D eigenvalue weighted by molar-refractivity contribution is 5.82. The van der Waals surface area contributed by atoms with Gasteiger partial charge in [0.2, 0.25) is 5.91 Å². The molecule has 2 heterocycles. The van der Waals surface area contributed by atoms with Crippen LogP contribution in [-0.2, 0) is 11.3 Å². The van der Waals surface area contributed by atoms with Gasteiger partial charge in [-0.15, -0.1) is 0 Å². The van der Waals surface area contributed by atoms with E-state index in [0.29, 0.717) is 12.6 Å². The van der Waals surface area contributed by atoms with E-state index in [4.69, 9.17) is 0 Å². The van der Waals surface area contributed by atoms with Gasteiger partial charge in [0.25, 0.3) is 0 Å². The van der Waals surface area contributed by atoms with Gasteiger partial charge in [-0.05, 0) is 42.7 Å². The molecule has 2 unspecified atom stereocenters. The Morgan fingerprint density at radius 3 is 2.95 bits per heavy atom. The molecule has 1 aliphatic heterocycles. The van der Waals surface area contributed by atoms with E-state index in [-0.39, 0.29) is 11.9 Å². The molecule has 22 heavy (non-hydrogen) atoms. The molecule has 1 aromatic carbocycles. The number of para-hydroxylation sites is 1. The Bertz CT molecular complexity index is 676. The first-order valence-electron chi connectivity index (χ1n) is 8.14. The molecule has 2 aromatic rings. The van der Waals surface area contributed by atoms with E-state index in [0.717, 1.165) is 18.9 Å². The van der Waals surface area contributed by atoms with E-state index in [1.807, 2.05) is 12.1 Å². The van der Waals surface area contributed by atoms with E-state index in [9.17, 15) is 4.79 Å². The van der Waals surface area contributed by atoms with Crippen LogP contribution >= 0.6 is 0 Å².